The molecule has 0 saturated carbocycles. The van der Waals surface area contributed by atoms with Gasteiger partial charge in [-0.25, -0.2) is 13.2 Å². The van der Waals surface area contributed by atoms with Crippen LogP contribution in [0.4, 0.5) is 5.69 Å². The number of non-ortho nitro benzene ring substituents is 1. The first-order valence-electron chi connectivity index (χ1n) is 10.8. The number of para-hydroxylation sites is 2. The fraction of sp³-hybridized carbons (Fsp3) is 0.120. The summed E-state index contributed by atoms with van der Waals surface area (Å²) in [6.45, 7) is 1.46. The number of hydrogen-bond acceptors (Lipinski definition) is 9. The maximum atomic E-state index is 13.7. The smallest absolute Gasteiger partial charge is 0.348 e. The van der Waals surface area contributed by atoms with E-state index in [1.165, 1.54) is 31.9 Å². The number of carbonyl (C=O) groups is 1. The number of esters is 1. The topological polar surface area (TPSA) is 140 Å². The maximum Gasteiger partial charge on any atom is 0.348 e. The van der Waals surface area contributed by atoms with Crippen LogP contribution in [0.2, 0.25) is 0 Å². The molecule has 4 rings (SSSR count). The molecule has 0 fully saturated rings. The first kappa shape index (κ1) is 25.4. The van der Waals surface area contributed by atoms with Crippen molar-refractivity contribution in [3.8, 4) is 23.1 Å². The molecule has 1 aromatic heterocycles. The van der Waals surface area contributed by atoms with Crippen molar-refractivity contribution in [2.75, 3.05) is 14.2 Å². The van der Waals surface area contributed by atoms with Crippen molar-refractivity contribution >= 4 is 21.5 Å². The Labute approximate surface area is 211 Å². The Morgan fingerprint density at radius 1 is 0.946 bits per heavy atom. The number of rotatable bonds is 8. The Balaban J connectivity index is 1.89. The van der Waals surface area contributed by atoms with Gasteiger partial charge in [0, 0.05) is 12.1 Å². The van der Waals surface area contributed by atoms with Gasteiger partial charge in [0.25, 0.3) is 5.69 Å². The number of benzene rings is 3. The average molecular weight is 524 g/mol. The minimum Gasteiger partial charge on any atom is -0.493 e. The van der Waals surface area contributed by atoms with Crippen LogP contribution in [-0.2, 0) is 9.84 Å². The number of hydrogen-bond donors (Lipinski definition) is 0. The minimum absolute atomic E-state index is 0.000927. The van der Waals surface area contributed by atoms with Crippen LogP contribution in [0.15, 0.2) is 82.6 Å². The van der Waals surface area contributed by atoms with E-state index < -0.39 is 20.7 Å². The van der Waals surface area contributed by atoms with E-state index in [0.717, 1.165) is 24.3 Å². The molecule has 0 unspecified atom stereocenters. The van der Waals surface area contributed by atoms with Crippen molar-refractivity contribution in [1.29, 1.82) is 0 Å². The second kappa shape index (κ2) is 10.1. The third-order valence-electron chi connectivity index (χ3n) is 5.40. The van der Waals surface area contributed by atoms with Crippen LogP contribution in [0, 0.1) is 17.0 Å². The van der Waals surface area contributed by atoms with Crippen LogP contribution in [0.1, 0.15) is 16.1 Å². The van der Waals surface area contributed by atoms with Gasteiger partial charge >= 0.3 is 5.97 Å². The predicted molar refractivity (Wildman–Crippen MR) is 131 cm³/mol. The van der Waals surface area contributed by atoms with Crippen molar-refractivity contribution in [3.63, 3.8) is 0 Å². The van der Waals surface area contributed by atoms with Crippen LogP contribution >= 0.6 is 0 Å². The van der Waals surface area contributed by atoms with Crippen LogP contribution in [0.25, 0.3) is 5.69 Å². The van der Waals surface area contributed by atoms with Gasteiger partial charge in [-0.05, 0) is 43.3 Å². The second-order valence-corrected chi connectivity index (χ2v) is 9.54. The van der Waals surface area contributed by atoms with Gasteiger partial charge in [0.15, 0.2) is 16.4 Å². The molecule has 0 spiro atoms. The number of sulfone groups is 1. The Kier molecular flexibility index (Phi) is 6.94. The zero-order valence-electron chi connectivity index (χ0n) is 19.9. The second-order valence-electron chi connectivity index (χ2n) is 7.65. The zero-order valence-corrected chi connectivity index (χ0v) is 20.8. The van der Waals surface area contributed by atoms with E-state index in [1.807, 2.05) is 0 Å². The van der Waals surface area contributed by atoms with E-state index >= 15 is 0 Å². The molecule has 0 bridgehead atoms. The van der Waals surface area contributed by atoms with Gasteiger partial charge in [0.2, 0.25) is 15.7 Å². The number of aromatic nitrogens is 2. The normalized spacial score (nSPS) is 11.1. The number of nitrogens with zero attached hydrogens (tertiary/aromatic N) is 3. The highest BCUT2D eigenvalue weighted by Gasteiger charge is 2.33. The highest BCUT2D eigenvalue weighted by Crippen LogP contribution is 2.37. The molecule has 37 heavy (non-hydrogen) atoms. The number of ether oxygens (including phenoxy) is 3. The number of nitro benzene ring substituents is 1. The lowest BCUT2D eigenvalue weighted by molar-refractivity contribution is -0.384. The van der Waals surface area contributed by atoms with Gasteiger partial charge in [-0.15, -0.1) is 0 Å². The zero-order chi connectivity index (χ0) is 26.7. The van der Waals surface area contributed by atoms with Gasteiger partial charge < -0.3 is 14.2 Å². The average Bonchev–Trinajstić information content (AvgIpc) is 3.24. The third kappa shape index (κ3) is 4.74. The Morgan fingerprint density at radius 3 is 2.22 bits per heavy atom. The molecule has 11 nitrogen and oxygen atoms in total. The van der Waals surface area contributed by atoms with E-state index in [-0.39, 0.29) is 44.1 Å². The molecule has 4 aromatic rings. The van der Waals surface area contributed by atoms with Gasteiger partial charge in [-0.3, -0.25) is 10.1 Å². The molecule has 1 heterocycles. The molecular weight excluding hydrogens is 502 g/mol. The lowest BCUT2D eigenvalue weighted by Gasteiger charge is -2.14. The fourth-order valence-electron chi connectivity index (χ4n) is 3.69. The van der Waals surface area contributed by atoms with Crippen molar-refractivity contribution in [3.05, 3.63) is 94.2 Å². The van der Waals surface area contributed by atoms with E-state index in [4.69, 9.17) is 14.2 Å². The first-order valence-corrected chi connectivity index (χ1v) is 12.2. The van der Waals surface area contributed by atoms with Gasteiger partial charge in [-0.2, -0.15) is 9.78 Å². The molecule has 0 radical (unpaired) electrons. The SMILES string of the molecule is COc1cccc(C(=O)Oc2c(S(=O)(=O)c3ccc([N+](=O)[O-])cc3)c(C)nn2-c2ccccc2)c1OC. The van der Waals surface area contributed by atoms with Crippen molar-refractivity contribution in [1.82, 2.24) is 9.78 Å². The fourth-order valence-corrected chi connectivity index (χ4v) is 5.21. The summed E-state index contributed by atoms with van der Waals surface area (Å²) in [7, 11) is -1.55. The molecule has 12 heteroatoms. The summed E-state index contributed by atoms with van der Waals surface area (Å²) in [4.78, 5) is 23.1. The summed E-state index contributed by atoms with van der Waals surface area (Å²) in [6, 6.07) is 17.5. The lowest BCUT2D eigenvalue weighted by Crippen LogP contribution is -2.15. The summed E-state index contributed by atoms with van der Waals surface area (Å²) in [6.07, 6.45) is 0. The highest BCUT2D eigenvalue weighted by molar-refractivity contribution is 7.91. The van der Waals surface area contributed by atoms with Crippen molar-refractivity contribution in [2.45, 2.75) is 16.7 Å². The summed E-state index contributed by atoms with van der Waals surface area (Å²) in [5.74, 6) is -0.870. The number of aryl methyl sites for hydroxylation is 1. The van der Waals surface area contributed by atoms with Gasteiger partial charge in [0.05, 0.1) is 35.4 Å². The molecule has 0 aliphatic carbocycles. The number of methoxy groups -OCH3 is 2. The first-order chi connectivity index (χ1) is 17.7. The number of carbonyl (C=O) groups excluding carboxylic acids is 1. The van der Waals surface area contributed by atoms with E-state index in [2.05, 4.69) is 5.10 Å². The molecule has 0 N–H and O–H groups in total. The molecular formula is C25H21N3O8S. The monoisotopic (exact) mass is 523 g/mol. The number of nitro groups is 1. The molecule has 0 aliphatic heterocycles. The maximum absolute atomic E-state index is 13.7. The Hall–Kier alpha value is -4.71. The Morgan fingerprint density at radius 2 is 1.62 bits per heavy atom. The summed E-state index contributed by atoms with van der Waals surface area (Å²) in [5, 5.41) is 15.4. The summed E-state index contributed by atoms with van der Waals surface area (Å²) in [5.41, 5.74) is 0.227. The molecule has 0 amide bonds. The molecule has 3 aromatic carbocycles. The quantitative estimate of drug-likeness (QED) is 0.189. The van der Waals surface area contributed by atoms with Crippen LogP contribution in [0.5, 0.6) is 17.4 Å². The molecule has 0 aliphatic rings. The summed E-state index contributed by atoms with van der Waals surface area (Å²) >= 11 is 0. The predicted octanol–water partition coefficient (Wildman–Crippen LogP) is 4.16. The minimum atomic E-state index is -4.33. The summed E-state index contributed by atoms with van der Waals surface area (Å²) < 4.78 is 44.8. The van der Waals surface area contributed by atoms with Crippen molar-refractivity contribution < 1.29 is 32.3 Å². The highest BCUT2D eigenvalue weighted by atomic mass is 32.2. The molecule has 190 valence electrons. The third-order valence-corrected chi connectivity index (χ3v) is 7.31. The van der Waals surface area contributed by atoms with Crippen LogP contribution < -0.4 is 14.2 Å². The van der Waals surface area contributed by atoms with Crippen LogP contribution in [0.3, 0.4) is 0 Å². The van der Waals surface area contributed by atoms with Crippen molar-refractivity contribution in [2.24, 2.45) is 0 Å². The standard InChI is InChI=1S/C25H21N3O8S/c1-16-23(37(32,33)19-14-12-18(13-15-19)28(30)31)24(27(26-16)17-8-5-4-6-9-17)36-25(29)20-10-7-11-21(34-2)22(20)35-3/h4-15H,1-3H3. The molecule has 0 saturated heterocycles. The largest absolute Gasteiger partial charge is 0.493 e. The lowest BCUT2D eigenvalue weighted by atomic mass is 10.2. The van der Waals surface area contributed by atoms with E-state index in [1.54, 1.807) is 42.5 Å². The van der Waals surface area contributed by atoms with E-state index in [0.29, 0.717) is 5.69 Å². The Bertz CT molecular complexity index is 1580. The van der Waals surface area contributed by atoms with Gasteiger partial charge in [-0.1, -0.05) is 24.3 Å². The molecule has 0 atom stereocenters. The van der Waals surface area contributed by atoms with Crippen LogP contribution in [-0.4, -0.2) is 43.3 Å². The van der Waals surface area contributed by atoms with Gasteiger partial charge in [0.1, 0.15) is 5.56 Å². The van der Waals surface area contributed by atoms with E-state index in [9.17, 15) is 23.3 Å².